The van der Waals surface area contributed by atoms with Crippen molar-refractivity contribution in [3.8, 4) is 5.75 Å². The number of aryl methyl sites for hydroxylation is 1. The molecule has 146 valence electrons. The van der Waals surface area contributed by atoms with Gasteiger partial charge in [0.15, 0.2) is 5.11 Å². The number of carbonyl (C=O) groups excluding carboxylic acids is 2. The summed E-state index contributed by atoms with van der Waals surface area (Å²) < 4.78 is 7.32. The fraction of sp³-hybridized carbons (Fsp3) is 0.286. The Labute approximate surface area is 169 Å². The first-order chi connectivity index (χ1) is 13.2. The predicted octanol–water partition coefficient (Wildman–Crippen LogP) is 3.53. The molecule has 6 nitrogen and oxygen atoms in total. The van der Waals surface area contributed by atoms with Gasteiger partial charge in [-0.15, -0.1) is 0 Å². The molecule has 2 heterocycles. The zero-order valence-corrected chi connectivity index (χ0v) is 17.4. The maximum atomic E-state index is 13.1. The lowest BCUT2D eigenvalue weighted by atomic mass is 10.1. The molecule has 1 fully saturated rings. The summed E-state index contributed by atoms with van der Waals surface area (Å²) in [6.07, 6.45) is 1.64. The Kier molecular flexibility index (Phi) is 5.38. The zero-order valence-electron chi connectivity index (χ0n) is 16.6. The maximum Gasteiger partial charge on any atom is 0.270 e. The highest BCUT2D eigenvalue weighted by Crippen LogP contribution is 2.26. The number of nitrogens with one attached hydrogen (secondary N) is 1. The number of methoxy groups -OCH3 is 1. The summed E-state index contributed by atoms with van der Waals surface area (Å²) in [5.74, 6) is -0.276. The van der Waals surface area contributed by atoms with Crippen molar-refractivity contribution in [1.29, 1.82) is 0 Å². The Balaban J connectivity index is 2.02. The van der Waals surface area contributed by atoms with E-state index in [0.717, 1.165) is 17.0 Å². The van der Waals surface area contributed by atoms with Crippen LogP contribution in [0.3, 0.4) is 0 Å². The van der Waals surface area contributed by atoms with E-state index < -0.39 is 11.8 Å². The van der Waals surface area contributed by atoms with Crippen molar-refractivity contribution in [2.45, 2.75) is 33.7 Å². The quantitative estimate of drug-likeness (QED) is 0.487. The van der Waals surface area contributed by atoms with Crippen LogP contribution >= 0.6 is 12.2 Å². The van der Waals surface area contributed by atoms with Gasteiger partial charge in [0.05, 0.1) is 12.8 Å². The van der Waals surface area contributed by atoms with Gasteiger partial charge < -0.3 is 9.30 Å². The number of anilines is 1. The molecule has 28 heavy (non-hydrogen) atoms. The van der Waals surface area contributed by atoms with E-state index in [-0.39, 0.29) is 16.7 Å². The van der Waals surface area contributed by atoms with Gasteiger partial charge in [-0.3, -0.25) is 19.8 Å². The van der Waals surface area contributed by atoms with Gasteiger partial charge in [0.2, 0.25) is 0 Å². The first kappa shape index (κ1) is 19.8. The average Bonchev–Trinajstić information content (AvgIpc) is 2.92. The second-order valence-corrected chi connectivity index (χ2v) is 7.33. The van der Waals surface area contributed by atoms with Crippen molar-refractivity contribution >= 4 is 40.9 Å². The Morgan fingerprint density at radius 1 is 1.14 bits per heavy atom. The molecule has 0 radical (unpaired) electrons. The molecule has 0 saturated carbocycles. The number of thiocarbonyl (C=S) groups is 1. The molecular weight excluding hydrogens is 374 g/mol. The number of nitrogens with zero attached hydrogens (tertiary/aromatic N) is 2. The number of hydrogen-bond acceptors (Lipinski definition) is 4. The van der Waals surface area contributed by atoms with Crippen LogP contribution in [0.5, 0.6) is 5.75 Å². The number of benzene rings is 1. The molecule has 1 saturated heterocycles. The first-order valence-electron chi connectivity index (χ1n) is 8.98. The minimum absolute atomic E-state index is 0.0495. The van der Waals surface area contributed by atoms with Crippen LogP contribution in [0.2, 0.25) is 0 Å². The van der Waals surface area contributed by atoms with Crippen molar-refractivity contribution in [3.63, 3.8) is 0 Å². The highest BCUT2D eigenvalue weighted by molar-refractivity contribution is 7.80. The summed E-state index contributed by atoms with van der Waals surface area (Å²) in [5, 5.41) is 2.67. The molecule has 3 rings (SSSR count). The van der Waals surface area contributed by atoms with Crippen LogP contribution in [-0.2, 0) is 9.59 Å². The summed E-state index contributed by atoms with van der Waals surface area (Å²) in [6, 6.07) is 9.19. The van der Waals surface area contributed by atoms with Crippen LogP contribution < -0.4 is 15.0 Å². The van der Waals surface area contributed by atoms with Crippen LogP contribution in [0.1, 0.15) is 36.8 Å². The fourth-order valence-corrected chi connectivity index (χ4v) is 3.80. The minimum Gasteiger partial charge on any atom is -0.497 e. The van der Waals surface area contributed by atoms with Crippen molar-refractivity contribution in [1.82, 2.24) is 9.88 Å². The lowest BCUT2D eigenvalue weighted by molar-refractivity contribution is -0.122. The molecule has 0 spiro atoms. The van der Waals surface area contributed by atoms with Crippen LogP contribution in [0.15, 0.2) is 35.9 Å². The summed E-state index contributed by atoms with van der Waals surface area (Å²) in [6.45, 7) is 8.19. The molecule has 0 aliphatic carbocycles. The molecule has 2 aromatic rings. The lowest BCUT2D eigenvalue weighted by Gasteiger charge is -2.29. The van der Waals surface area contributed by atoms with Gasteiger partial charge in [0.25, 0.3) is 11.8 Å². The molecule has 0 bridgehead atoms. The lowest BCUT2D eigenvalue weighted by Crippen LogP contribution is -2.54. The minimum atomic E-state index is -0.492. The summed E-state index contributed by atoms with van der Waals surface area (Å²) in [4.78, 5) is 26.9. The van der Waals surface area contributed by atoms with Gasteiger partial charge in [0.1, 0.15) is 11.3 Å². The second kappa shape index (κ2) is 7.59. The third kappa shape index (κ3) is 3.45. The van der Waals surface area contributed by atoms with E-state index in [0.29, 0.717) is 11.4 Å². The van der Waals surface area contributed by atoms with Crippen LogP contribution in [0, 0.1) is 13.8 Å². The molecule has 0 atom stereocenters. The fourth-order valence-electron chi connectivity index (χ4n) is 3.52. The molecule has 1 aromatic carbocycles. The second-order valence-electron chi connectivity index (χ2n) is 6.95. The van der Waals surface area contributed by atoms with Gasteiger partial charge >= 0.3 is 0 Å². The zero-order chi connectivity index (χ0) is 20.6. The Hall–Kier alpha value is -2.93. The molecule has 1 aliphatic rings. The van der Waals surface area contributed by atoms with Gasteiger partial charge in [-0.1, -0.05) is 0 Å². The summed E-state index contributed by atoms with van der Waals surface area (Å²) in [7, 11) is 1.57. The summed E-state index contributed by atoms with van der Waals surface area (Å²) in [5.41, 5.74) is 3.53. The standard InChI is InChI=1S/C21H23N3O3S/c1-12(2)23-13(3)10-15(14(23)4)11-18-19(25)22-21(28)24(20(18)26)16-6-8-17(27-5)9-7-16/h6-12H,1-5H3,(H,22,25,28)/b18-11-. The third-order valence-electron chi connectivity index (χ3n) is 4.77. The van der Waals surface area contributed by atoms with E-state index in [1.54, 1.807) is 37.5 Å². The number of hydrogen-bond donors (Lipinski definition) is 1. The Bertz CT molecular complexity index is 987. The normalized spacial score (nSPS) is 16.1. The van der Waals surface area contributed by atoms with Gasteiger partial charge in [-0.25, -0.2) is 0 Å². The Morgan fingerprint density at radius 2 is 1.79 bits per heavy atom. The summed E-state index contributed by atoms with van der Waals surface area (Å²) >= 11 is 5.24. The van der Waals surface area contributed by atoms with Crippen LogP contribution in [0.25, 0.3) is 6.08 Å². The highest BCUT2D eigenvalue weighted by atomic mass is 32.1. The number of amides is 2. The van der Waals surface area contributed by atoms with Gasteiger partial charge in [0, 0.05) is 17.4 Å². The molecule has 1 N–H and O–H groups in total. The van der Waals surface area contributed by atoms with E-state index in [9.17, 15) is 9.59 Å². The van der Waals surface area contributed by atoms with Gasteiger partial charge in [-0.2, -0.15) is 0 Å². The number of aromatic nitrogens is 1. The van der Waals surface area contributed by atoms with Crippen LogP contribution in [-0.4, -0.2) is 28.6 Å². The van der Waals surface area contributed by atoms with Crippen molar-refractivity contribution in [2.24, 2.45) is 0 Å². The Morgan fingerprint density at radius 3 is 2.32 bits per heavy atom. The van der Waals surface area contributed by atoms with Crippen molar-refractivity contribution < 1.29 is 14.3 Å². The van der Waals surface area contributed by atoms with E-state index in [1.165, 1.54) is 4.90 Å². The maximum absolute atomic E-state index is 13.1. The number of carbonyl (C=O) groups is 2. The monoisotopic (exact) mass is 397 g/mol. The average molecular weight is 398 g/mol. The van der Waals surface area contributed by atoms with Crippen molar-refractivity contribution in [2.75, 3.05) is 12.0 Å². The highest BCUT2D eigenvalue weighted by Gasteiger charge is 2.34. The predicted molar refractivity (Wildman–Crippen MR) is 113 cm³/mol. The van der Waals surface area contributed by atoms with E-state index >= 15 is 0 Å². The van der Waals surface area contributed by atoms with E-state index in [4.69, 9.17) is 17.0 Å². The molecular formula is C21H23N3O3S. The topological polar surface area (TPSA) is 63.6 Å². The molecule has 1 aromatic heterocycles. The molecule has 2 amide bonds. The SMILES string of the molecule is COc1ccc(N2C(=O)/C(=C\c3cc(C)n(C(C)C)c3C)C(=O)NC2=S)cc1. The number of rotatable bonds is 4. The van der Waals surface area contributed by atoms with E-state index in [2.05, 4.69) is 23.7 Å². The molecule has 7 heteroatoms. The molecule has 1 aliphatic heterocycles. The van der Waals surface area contributed by atoms with Gasteiger partial charge in [-0.05, 0) is 81.9 Å². The van der Waals surface area contributed by atoms with E-state index in [1.807, 2.05) is 19.9 Å². The van der Waals surface area contributed by atoms with Crippen LogP contribution in [0.4, 0.5) is 5.69 Å². The molecule has 0 unspecified atom stereocenters. The smallest absolute Gasteiger partial charge is 0.270 e. The largest absolute Gasteiger partial charge is 0.497 e. The number of ether oxygens (including phenoxy) is 1. The first-order valence-corrected chi connectivity index (χ1v) is 9.39. The van der Waals surface area contributed by atoms with Crippen molar-refractivity contribution in [3.05, 3.63) is 52.9 Å². The third-order valence-corrected chi connectivity index (χ3v) is 5.06.